The number of halogens is 4. The van der Waals surface area contributed by atoms with Crippen LogP contribution in [0.15, 0.2) is 97.3 Å². The number of para-hydroxylation sites is 2. The number of hydrogen-bond acceptors (Lipinski definition) is 6. The quantitative estimate of drug-likeness (QED) is 0.164. The molecule has 0 spiro atoms. The van der Waals surface area contributed by atoms with E-state index < -0.39 is 0 Å². The lowest BCUT2D eigenvalue weighted by Gasteiger charge is -2.36. The highest BCUT2D eigenvalue weighted by Crippen LogP contribution is 2.29. The third kappa shape index (κ3) is 9.32. The van der Waals surface area contributed by atoms with Crippen molar-refractivity contribution in [3.05, 3.63) is 130 Å². The second-order valence-corrected chi connectivity index (χ2v) is 15.4. The van der Waals surface area contributed by atoms with E-state index in [0.717, 1.165) is 21.8 Å². The Morgan fingerprint density at radius 2 is 1.05 bits per heavy atom. The molecule has 4 aromatic carbocycles. The average molecular weight is 844 g/mol. The number of anilines is 2. The number of carbonyl (C=O) groups is 3. The molecule has 308 valence electrons. The summed E-state index contributed by atoms with van der Waals surface area (Å²) in [5.74, 6) is -0.654. The normalized spacial score (nSPS) is 14.4. The number of aromatic nitrogens is 2. The molecule has 2 aliphatic heterocycles. The summed E-state index contributed by atoms with van der Waals surface area (Å²) in [4.78, 5) is 45.3. The van der Waals surface area contributed by atoms with Crippen LogP contribution < -0.4 is 20.9 Å². The smallest absolute Gasteiger partial charge is 0.256 e. The minimum atomic E-state index is -0.249. The zero-order valence-electron chi connectivity index (χ0n) is 32.7. The van der Waals surface area contributed by atoms with E-state index >= 15 is 0 Å². The Kier molecular flexibility index (Phi) is 13.0. The van der Waals surface area contributed by atoms with Crippen LogP contribution in [0.3, 0.4) is 0 Å². The van der Waals surface area contributed by atoms with E-state index in [4.69, 9.17) is 28.9 Å². The number of carbonyl (C=O) groups excluding carboxylic acids is 3. The molecule has 3 amide bonds. The van der Waals surface area contributed by atoms with Crippen LogP contribution in [0.4, 0.5) is 20.2 Å². The molecule has 0 saturated carbocycles. The van der Waals surface area contributed by atoms with Gasteiger partial charge in [0.15, 0.2) is 0 Å². The van der Waals surface area contributed by atoms with Crippen LogP contribution in [0, 0.1) is 11.6 Å². The fourth-order valence-corrected chi connectivity index (χ4v) is 8.12. The van der Waals surface area contributed by atoms with Gasteiger partial charge in [0, 0.05) is 119 Å². The highest BCUT2D eigenvalue weighted by atomic mass is 35.5. The Morgan fingerprint density at radius 3 is 1.46 bits per heavy atom. The van der Waals surface area contributed by atoms with Gasteiger partial charge in [0.25, 0.3) is 11.8 Å². The summed E-state index contributed by atoms with van der Waals surface area (Å²) in [6.45, 7) is 8.01. The van der Waals surface area contributed by atoms with Gasteiger partial charge in [-0.2, -0.15) is 0 Å². The summed E-state index contributed by atoms with van der Waals surface area (Å²) >= 11 is 12.3. The number of nitrogens with two attached hydrogens (primary N) is 1. The number of piperazine rings is 2. The van der Waals surface area contributed by atoms with Gasteiger partial charge in [-0.1, -0.05) is 59.6 Å². The van der Waals surface area contributed by atoms with Crippen molar-refractivity contribution in [1.29, 1.82) is 0 Å². The molecule has 0 bridgehead atoms. The number of rotatable bonds is 9. The maximum absolute atomic E-state index is 14.1. The molecule has 15 heteroatoms. The van der Waals surface area contributed by atoms with E-state index in [1.807, 2.05) is 72.6 Å². The van der Waals surface area contributed by atoms with Gasteiger partial charge in [-0.05, 0) is 48.5 Å². The zero-order valence-corrected chi connectivity index (χ0v) is 34.2. The highest BCUT2D eigenvalue weighted by molar-refractivity contribution is 6.31. The van der Waals surface area contributed by atoms with E-state index in [1.54, 1.807) is 41.3 Å². The Morgan fingerprint density at radius 1 is 0.627 bits per heavy atom. The summed E-state index contributed by atoms with van der Waals surface area (Å²) in [6, 6.07) is 24.5. The van der Waals surface area contributed by atoms with Crippen LogP contribution in [0.5, 0.6) is 0 Å². The van der Waals surface area contributed by atoms with E-state index in [-0.39, 0.29) is 29.4 Å². The standard InChI is InChI=1S/C23H24ClFN4O2.C21H22ClFN4O/c1-16(30)26-8-9-29-15-19(18-7-6-17(24)14-22(18)29)23(31)28-12-10-27(11-13-28)21-5-3-2-4-20(21)25;22-15-5-6-16-17(14-27(8-7-24)20(16)13-15)21(28)26-11-9-25(10-12-26)19-4-2-1-3-18(19)23/h2-7,14-15H,8-13H2,1H3,(H,26,30);1-6,13-14H,7-12,24H2. The molecule has 11 nitrogen and oxygen atoms in total. The lowest BCUT2D eigenvalue weighted by atomic mass is 10.1. The molecule has 4 heterocycles. The molecule has 59 heavy (non-hydrogen) atoms. The van der Waals surface area contributed by atoms with Gasteiger partial charge in [-0.15, -0.1) is 0 Å². The predicted octanol–water partition coefficient (Wildman–Crippen LogP) is 6.89. The van der Waals surface area contributed by atoms with Crippen LogP contribution in [0.2, 0.25) is 10.0 Å². The minimum absolute atomic E-state index is 0.0173. The largest absolute Gasteiger partial charge is 0.366 e. The summed E-state index contributed by atoms with van der Waals surface area (Å²) in [5, 5.41) is 5.69. The maximum atomic E-state index is 14.1. The van der Waals surface area contributed by atoms with Gasteiger partial charge in [0.1, 0.15) is 11.6 Å². The predicted molar refractivity (Wildman–Crippen MR) is 231 cm³/mol. The number of fused-ring (bicyclic) bond motifs is 2. The average Bonchev–Trinajstić information content (AvgIpc) is 3.78. The Bertz CT molecular complexity index is 2470. The van der Waals surface area contributed by atoms with Crippen molar-refractivity contribution >= 4 is 74.1 Å². The second-order valence-electron chi connectivity index (χ2n) is 14.5. The minimum Gasteiger partial charge on any atom is -0.366 e. The zero-order chi connectivity index (χ0) is 41.6. The lowest BCUT2D eigenvalue weighted by molar-refractivity contribution is -0.118. The van der Waals surface area contributed by atoms with Crippen LogP contribution in [-0.2, 0) is 17.9 Å². The fourth-order valence-electron chi connectivity index (χ4n) is 7.79. The van der Waals surface area contributed by atoms with Gasteiger partial charge < -0.3 is 39.8 Å². The van der Waals surface area contributed by atoms with Gasteiger partial charge in [-0.3, -0.25) is 14.4 Å². The third-order valence-corrected chi connectivity index (χ3v) is 11.2. The molecule has 2 aromatic heterocycles. The summed E-state index contributed by atoms with van der Waals surface area (Å²) < 4.78 is 32.0. The van der Waals surface area contributed by atoms with Crippen LogP contribution in [-0.4, -0.2) is 102 Å². The molecule has 2 aliphatic rings. The molecule has 0 atom stereocenters. The number of nitrogens with one attached hydrogen (secondary N) is 1. The summed E-state index contributed by atoms with van der Waals surface area (Å²) in [7, 11) is 0. The summed E-state index contributed by atoms with van der Waals surface area (Å²) in [6.07, 6.45) is 3.69. The first kappa shape index (κ1) is 41.5. The molecular weight excluding hydrogens is 797 g/mol. The molecule has 2 saturated heterocycles. The van der Waals surface area contributed by atoms with Crippen molar-refractivity contribution in [3.8, 4) is 0 Å². The monoisotopic (exact) mass is 842 g/mol. The van der Waals surface area contributed by atoms with E-state index in [1.165, 1.54) is 19.1 Å². The van der Waals surface area contributed by atoms with Crippen molar-refractivity contribution in [3.63, 3.8) is 0 Å². The number of hydrogen-bond donors (Lipinski definition) is 2. The van der Waals surface area contributed by atoms with E-state index in [0.29, 0.717) is 111 Å². The fraction of sp³-hybridized carbons (Fsp3) is 0.295. The molecule has 0 radical (unpaired) electrons. The topological polar surface area (TPSA) is 112 Å². The van der Waals surface area contributed by atoms with Gasteiger partial charge in [0.2, 0.25) is 5.91 Å². The lowest BCUT2D eigenvalue weighted by Crippen LogP contribution is -2.49. The van der Waals surface area contributed by atoms with Crippen molar-refractivity contribution in [2.75, 3.05) is 75.2 Å². The van der Waals surface area contributed by atoms with Crippen LogP contribution >= 0.6 is 23.2 Å². The Balaban J connectivity index is 0.000000180. The number of nitrogens with zero attached hydrogens (tertiary/aromatic N) is 6. The molecular formula is C44H46Cl2F2N8O3. The third-order valence-electron chi connectivity index (χ3n) is 10.8. The van der Waals surface area contributed by atoms with Crippen molar-refractivity contribution in [1.82, 2.24) is 24.3 Å². The first-order valence-electron chi connectivity index (χ1n) is 19.6. The van der Waals surface area contributed by atoms with E-state index in [9.17, 15) is 23.2 Å². The maximum Gasteiger partial charge on any atom is 0.256 e. The molecule has 2 fully saturated rings. The molecule has 0 unspecified atom stereocenters. The first-order chi connectivity index (χ1) is 28.5. The number of benzene rings is 4. The van der Waals surface area contributed by atoms with Crippen molar-refractivity contribution in [2.24, 2.45) is 5.73 Å². The molecule has 0 aliphatic carbocycles. The Labute approximate surface area is 351 Å². The van der Waals surface area contributed by atoms with E-state index in [2.05, 4.69) is 5.32 Å². The molecule has 6 aromatic rings. The SMILES string of the molecule is CC(=O)NCCn1cc(C(=O)N2CCN(c3ccccc3F)CC2)c2ccc(Cl)cc21.NCCn1cc(C(=O)N2CCN(c3ccccc3F)CC2)c2ccc(Cl)cc21. The van der Waals surface area contributed by atoms with Crippen molar-refractivity contribution < 1.29 is 23.2 Å². The highest BCUT2D eigenvalue weighted by Gasteiger charge is 2.28. The van der Waals surface area contributed by atoms with Gasteiger partial charge >= 0.3 is 0 Å². The molecule has 3 N–H and O–H groups in total. The number of amides is 3. The summed E-state index contributed by atoms with van der Waals surface area (Å²) in [5.41, 5.74) is 9.89. The van der Waals surface area contributed by atoms with Crippen LogP contribution in [0.1, 0.15) is 27.6 Å². The van der Waals surface area contributed by atoms with Crippen LogP contribution in [0.25, 0.3) is 21.8 Å². The first-order valence-corrected chi connectivity index (χ1v) is 20.4. The van der Waals surface area contributed by atoms with Gasteiger partial charge in [-0.25, -0.2) is 8.78 Å². The second kappa shape index (κ2) is 18.5. The van der Waals surface area contributed by atoms with Gasteiger partial charge in [0.05, 0.1) is 33.5 Å². The van der Waals surface area contributed by atoms with Crippen molar-refractivity contribution in [2.45, 2.75) is 20.0 Å². The Hall–Kier alpha value is -5.63. The molecule has 8 rings (SSSR count).